The fourth-order valence-electron chi connectivity index (χ4n) is 10.7. The lowest BCUT2D eigenvalue weighted by atomic mass is 9.47. The van der Waals surface area contributed by atoms with Gasteiger partial charge in [0.2, 0.25) is 0 Å². The number of aliphatic hydroxyl groups is 2. The number of fused-ring (bicyclic) bond motifs is 5. The van der Waals surface area contributed by atoms with Crippen LogP contribution in [-0.2, 0) is 14.2 Å². The first-order valence-corrected chi connectivity index (χ1v) is 15.0. The summed E-state index contributed by atoms with van der Waals surface area (Å²) in [5, 5.41) is 22.0. The number of rotatable bonds is 2. The molecule has 0 amide bonds. The minimum absolute atomic E-state index is 0.122. The van der Waals surface area contributed by atoms with Gasteiger partial charge in [0, 0.05) is 24.9 Å². The van der Waals surface area contributed by atoms with E-state index in [1.807, 2.05) is 0 Å². The number of hydrogen-bond donors (Lipinski definition) is 2. The number of ether oxygens (including phenoxy) is 3. The zero-order valence-corrected chi connectivity index (χ0v) is 22.2. The monoisotopic (exact) mass is 498 g/mol. The summed E-state index contributed by atoms with van der Waals surface area (Å²) in [6.45, 7) is 9.57. The van der Waals surface area contributed by atoms with Crippen molar-refractivity contribution < 1.29 is 24.4 Å². The Hall–Kier alpha value is -0.720. The summed E-state index contributed by atoms with van der Waals surface area (Å²) < 4.78 is 18.9. The molecule has 2 aliphatic heterocycles. The van der Waals surface area contributed by atoms with Crippen molar-refractivity contribution in [2.24, 2.45) is 35.0 Å². The van der Waals surface area contributed by atoms with E-state index in [0.29, 0.717) is 55.8 Å². The Kier molecular flexibility index (Phi) is 5.67. The normalized spacial score (nSPS) is 50.0. The summed E-state index contributed by atoms with van der Waals surface area (Å²) in [5.41, 5.74) is 3.54. The van der Waals surface area contributed by atoms with E-state index in [1.54, 1.807) is 5.57 Å². The SMILES string of the molecule is C=C1CCO[C@]12CCC1C3CC[C@@]4(O)CC5(CCC4=C3[C@@H](C3CCC(CO)CC3)C[C@@]12C)OCCO5. The highest BCUT2D eigenvalue weighted by molar-refractivity contribution is 5.40. The van der Waals surface area contributed by atoms with Gasteiger partial charge in [-0.05, 0) is 111 Å². The van der Waals surface area contributed by atoms with Gasteiger partial charge in [0.05, 0.1) is 31.0 Å². The number of hydrogen-bond acceptors (Lipinski definition) is 5. The van der Waals surface area contributed by atoms with Crippen molar-refractivity contribution in [1.82, 2.24) is 0 Å². The Morgan fingerprint density at radius 3 is 2.36 bits per heavy atom. The summed E-state index contributed by atoms with van der Waals surface area (Å²) in [7, 11) is 0. The Morgan fingerprint density at radius 2 is 1.67 bits per heavy atom. The second kappa shape index (κ2) is 8.39. The van der Waals surface area contributed by atoms with E-state index in [2.05, 4.69) is 13.5 Å². The molecule has 4 saturated carbocycles. The maximum absolute atomic E-state index is 12.2. The van der Waals surface area contributed by atoms with Gasteiger partial charge in [-0.1, -0.05) is 19.1 Å². The van der Waals surface area contributed by atoms with Gasteiger partial charge in [-0.3, -0.25) is 0 Å². The van der Waals surface area contributed by atoms with Crippen molar-refractivity contribution >= 4 is 0 Å². The van der Waals surface area contributed by atoms with E-state index >= 15 is 0 Å². The lowest BCUT2D eigenvalue weighted by Crippen LogP contribution is -2.57. The predicted molar refractivity (Wildman–Crippen MR) is 137 cm³/mol. The lowest BCUT2D eigenvalue weighted by Gasteiger charge is -2.59. The molecule has 0 bridgehead atoms. The minimum atomic E-state index is -0.785. The van der Waals surface area contributed by atoms with Gasteiger partial charge in [0.1, 0.15) is 0 Å². The molecule has 5 heteroatoms. The molecule has 2 unspecified atom stereocenters. The lowest BCUT2D eigenvalue weighted by molar-refractivity contribution is -0.209. The molecule has 6 atom stereocenters. The van der Waals surface area contributed by atoms with Gasteiger partial charge < -0.3 is 24.4 Å². The number of aliphatic hydroxyl groups excluding tert-OH is 1. The average molecular weight is 499 g/mol. The number of allylic oxidation sites excluding steroid dienone is 1. The van der Waals surface area contributed by atoms with Crippen molar-refractivity contribution in [3.63, 3.8) is 0 Å². The molecule has 2 heterocycles. The second-order valence-electron chi connectivity index (χ2n) is 13.8. The van der Waals surface area contributed by atoms with E-state index in [9.17, 15) is 10.2 Å². The van der Waals surface area contributed by atoms with Crippen LogP contribution in [0.25, 0.3) is 0 Å². The molecule has 0 aromatic heterocycles. The average Bonchev–Trinajstić information content (AvgIpc) is 3.57. The van der Waals surface area contributed by atoms with Gasteiger partial charge in [-0.15, -0.1) is 0 Å². The smallest absolute Gasteiger partial charge is 0.171 e. The molecular weight excluding hydrogens is 452 g/mol. The summed E-state index contributed by atoms with van der Waals surface area (Å²) in [4.78, 5) is 0. The van der Waals surface area contributed by atoms with Crippen LogP contribution in [0.2, 0.25) is 0 Å². The molecule has 6 fully saturated rings. The van der Waals surface area contributed by atoms with Gasteiger partial charge in [0.15, 0.2) is 5.79 Å². The standard InChI is InChI=1S/C31H46O5/c1-20-10-14-36-31(20)13-9-25-23-7-11-29(33)19-30(34-15-16-35-30)12-8-26(29)27(23)24(17-28(25,31)2)22-5-3-21(18-32)4-6-22/h21-25,32-33H,1,3-19H2,2H3/t21?,22?,23?,24-,25?,28+,29-,31-/m1/s1. The Balaban J connectivity index is 1.30. The summed E-state index contributed by atoms with van der Waals surface area (Å²) in [5.74, 6) is 2.20. The molecule has 200 valence electrons. The molecule has 2 spiro atoms. The molecule has 2 saturated heterocycles. The highest BCUT2D eigenvalue weighted by Gasteiger charge is 2.67. The molecule has 2 N–H and O–H groups in total. The van der Waals surface area contributed by atoms with Crippen LogP contribution in [0.1, 0.15) is 90.4 Å². The van der Waals surface area contributed by atoms with E-state index in [1.165, 1.54) is 30.4 Å². The maximum Gasteiger partial charge on any atom is 0.171 e. The fraction of sp³-hybridized carbons (Fsp3) is 0.871. The maximum atomic E-state index is 12.2. The van der Waals surface area contributed by atoms with Crippen molar-refractivity contribution in [2.75, 3.05) is 26.4 Å². The van der Waals surface area contributed by atoms with Crippen LogP contribution in [0.15, 0.2) is 23.3 Å². The molecule has 0 radical (unpaired) electrons. The van der Waals surface area contributed by atoms with E-state index in [4.69, 9.17) is 14.2 Å². The fourth-order valence-corrected chi connectivity index (χ4v) is 10.7. The van der Waals surface area contributed by atoms with Crippen molar-refractivity contribution in [3.8, 4) is 0 Å². The summed E-state index contributed by atoms with van der Waals surface area (Å²) >= 11 is 0. The Morgan fingerprint density at radius 1 is 0.889 bits per heavy atom. The van der Waals surface area contributed by atoms with E-state index < -0.39 is 11.4 Å². The van der Waals surface area contributed by atoms with E-state index in [0.717, 1.165) is 64.4 Å². The van der Waals surface area contributed by atoms with Crippen LogP contribution in [0, 0.1) is 35.0 Å². The van der Waals surface area contributed by atoms with Crippen molar-refractivity contribution in [1.29, 1.82) is 0 Å². The van der Waals surface area contributed by atoms with Crippen LogP contribution in [-0.4, -0.2) is 53.6 Å². The molecule has 0 aromatic carbocycles. The van der Waals surface area contributed by atoms with Gasteiger partial charge in [-0.25, -0.2) is 0 Å². The molecule has 5 nitrogen and oxygen atoms in total. The van der Waals surface area contributed by atoms with Crippen LogP contribution >= 0.6 is 0 Å². The first-order valence-electron chi connectivity index (χ1n) is 15.0. The molecular formula is C31H46O5. The van der Waals surface area contributed by atoms with Crippen LogP contribution in [0.4, 0.5) is 0 Å². The van der Waals surface area contributed by atoms with E-state index in [-0.39, 0.29) is 11.0 Å². The van der Waals surface area contributed by atoms with Crippen molar-refractivity contribution in [3.05, 3.63) is 23.3 Å². The minimum Gasteiger partial charge on any atom is -0.396 e. The van der Waals surface area contributed by atoms with Gasteiger partial charge in [-0.2, -0.15) is 0 Å². The third-order valence-electron chi connectivity index (χ3n) is 12.4. The van der Waals surface area contributed by atoms with Crippen LogP contribution < -0.4 is 0 Å². The zero-order chi connectivity index (χ0) is 24.8. The second-order valence-corrected chi connectivity index (χ2v) is 13.8. The summed E-state index contributed by atoms with van der Waals surface area (Å²) in [6.07, 6.45) is 13.4. The first-order chi connectivity index (χ1) is 17.3. The predicted octanol–water partition coefficient (Wildman–Crippen LogP) is 5.30. The molecule has 5 aliphatic carbocycles. The van der Waals surface area contributed by atoms with Crippen LogP contribution in [0.5, 0.6) is 0 Å². The summed E-state index contributed by atoms with van der Waals surface area (Å²) in [6, 6.07) is 0. The van der Waals surface area contributed by atoms with Crippen LogP contribution in [0.3, 0.4) is 0 Å². The quantitative estimate of drug-likeness (QED) is 0.506. The topological polar surface area (TPSA) is 68.2 Å². The largest absolute Gasteiger partial charge is 0.396 e. The first kappa shape index (κ1) is 24.3. The molecule has 7 rings (SSSR count). The van der Waals surface area contributed by atoms with Crippen molar-refractivity contribution in [2.45, 2.75) is 107 Å². The Bertz CT molecular complexity index is 943. The third-order valence-corrected chi connectivity index (χ3v) is 12.4. The van der Waals surface area contributed by atoms with Gasteiger partial charge >= 0.3 is 0 Å². The highest BCUT2D eigenvalue weighted by atomic mass is 16.7. The molecule has 0 aromatic rings. The third kappa shape index (κ3) is 3.25. The zero-order valence-electron chi connectivity index (χ0n) is 22.2. The van der Waals surface area contributed by atoms with Gasteiger partial charge in [0.25, 0.3) is 0 Å². The molecule has 36 heavy (non-hydrogen) atoms. The highest BCUT2D eigenvalue weighted by Crippen LogP contribution is 2.70. The molecule has 7 aliphatic rings. The Labute approximate surface area is 216 Å².